The first kappa shape index (κ1) is 18.6. The van der Waals surface area contributed by atoms with Gasteiger partial charge >= 0.3 is 0 Å². The molecule has 0 bridgehead atoms. The number of rotatable bonds is 6. The van der Waals surface area contributed by atoms with E-state index in [1.807, 2.05) is 43.3 Å². The van der Waals surface area contributed by atoms with Gasteiger partial charge in [0, 0.05) is 11.6 Å². The van der Waals surface area contributed by atoms with Gasteiger partial charge in [-0.1, -0.05) is 42.5 Å². The molecule has 0 spiro atoms. The van der Waals surface area contributed by atoms with Gasteiger partial charge in [-0.25, -0.2) is 13.9 Å². The van der Waals surface area contributed by atoms with Crippen LogP contribution in [-0.2, 0) is 6.54 Å². The van der Waals surface area contributed by atoms with Crippen LogP contribution in [0, 0.1) is 5.82 Å². The van der Waals surface area contributed by atoms with E-state index in [1.54, 1.807) is 22.7 Å². The molecule has 1 N–H and O–H groups in total. The third kappa shape index (κ3) is 3.80. The zero-order valence-corrected chi connectivity index (χ0v) is 15.8. The van der Waals surface area contributed by atoms with Crippen LogP contribution in [0.2, 0.25) is 0 Å². The quantitative estimate of drug-likeness (QED) is 0.543. The fourth-order valence-corrected chi connectivity index (χ4v) is 3.08. The Morgan fingerprint density at radius 2 is 1.83 bits per heavy atom. The van der Waals surface area contributed by atoms with E-state index in [9.17, 15) is 9.18 Å². The third-order valence-electron chi connectivity index (χ3n) is 4.42. The number of benzene rings is 2. The first-order valence-electron chi connectivity index (χ1n) is 9.27. The number of imidazole rings is 1. The summed E-state index contributed by atoms with van der Waals surface area (Å²) in [6.45, 7) is 2.49. The first-order valence-corrected chi connectivity index (χ1v) is 9.27. The Hall–Kier alpha value is -3.74. The number of nitrogens with one attached hydrogen (secondary N) is 1. The van der Waals surface area contributed by atoms with Gasteiger partial charge in [-0.2, -0.15) is 0 Å². The van der Waals surface area contributed by atoms with Gasteiger partial charge in [-0.15, -0.1) is 5.10 Å². The Bertz CT molecular complexity index is 1160. The molecule has 2 aromatic heterocycles. The number of carbonyl (C=O) groups excluding carboxylic acids is 1. The largest absolute Gasteiger partial charge is 0.477 e. The second-order valence-electron chi connectivity index (χ2n) is 6.31. The molecule has 0 aliphatic heterocycles. The highest BCUT2D eigenvalue weighted by Gasteiger charge is 2.18. The molecule has 0 fully saturated rings. The van der Waals surface area contributed by atoms with Crippen LogP contribution in [0.1, 0.15) is 23.0 Å². The topological polar surface area (TPSA) is 68.5 Å². The van der Waals surface area contributed by atoms with Crippen molar-refractivity contribution in [2.45, 2.75) is 13.5 Å². The van der Waals surface area contributed by atoms with E-state index in [0.717, 1.165) is 5.56 Å². The Kier molecular flexibility index (Phi) is 5.20. The summed E-state index contributed by atoms with van der Waals surface area (Å²) < 4.78 is 21.1. The van der Waals surface area contributed by atoms with Crippen molar-refractivity contribution in [2.24, 2.45) is 0 Å². The number of hydrogen-bond acceptors (Lipinski definition) is 4. The molecule has 1 amide bonds. The van der Waals surface area contributed by atoms with Crippen LogP contribution in [-0.4, -0.2) is 27.1 Å². The summed E-state index contributed by atoms with van der Waals surface area (Å²) in [4.78, 5) is 17.2. The monoisotopic (exact) mass is 390 g/mol. The van der Waals surface area contributed by atoms with Crippen LogP contribution in [0.15, 0.2) is 66.7 Å². The summed E-state index contributed by atoms with van der Waals surface area (Å²) in [7, 11) is 0. The molecular weight excluding hydrogens is 371 g/mol. The summed E-state index contributed by atoms with van der Waals surface area (Å²) in [6.07, 6.45) is 0. The van der Waals surface area contributed by atoms with Crippen molar-refractivity contribution < 1.29 is 13.9 Å². The summed E-state index contributed by atoms with van der Waals surface area (Å²) in [5, 5.41) is 7.26. The second kappa shape index (κ2) is 8.10. The van der Waals surface area contributed by atoms with Crippen LogP contribution >= 0.6 is 0 Å². The number of hydrogen-bond donors (Lipinski definition) is 1. The van der Waals surface area contributed by atoms with Crippen LogP contribution in [0.5, 0.6) is 5.88 Å². The molecule has 6 nitrogen and oxygen atoms in total. The number of ether oxygens (including phenoxy) is 1. The maximum atomic E-state index is 13.9. The second-order valence-corrected chi connectivity index (χ2v) is 6.31. The van der Waals surface area contributed by atoms with E-state index in [1.165, 1.54) is 12.1 Å². The summed E-state index contributed by atoms with van der Waals surface area (Å²) in [5.41, 5.74) is 2.89. The molecular formula is C22H19FN4O2. The number of fused-ring (bicyclic) bond motifs is 1. The maximum Gasteiger partial charge on any atom is 0.254 e. The molecule has 0 saturated heterocycles. The molecule has 7 heteroatoms. The van der Waals surface area contributed by atoms with Crippen LogP contribution < -0.4 is 10.1 Å². The van der Waals surface area contributed by atoms with Gasteiger partial charge in [0.2, 0.25) is 5.88 Å². The van der Waals surface area contributed by atoms with Gasteiger partial charge in [0.1, 0.15) is 5.82 Å². The molecule has 0 saturated carbocycles. The molecule has 0 radical (unpaired) electrons. The average Bonchev–Trinajstić information content (AvgIpc) is 3.11. The molecule has 0 unspecified atom stereocenters. The zero-order chi connectivity index (χ0) is 20.2. The van der Waals surface area contributed by atoms with Crippen molar-refractivity contribution in [1.82, 2.24) is 19.9 Å². The van der Waals surface area contributed by atoms with E-state index in [0.29, 0.717) is 29.5 Å². The van der Waals surface area contributed by atoms with Crippen LogP contribution in [0.4, 0.5) is 4.39 Å². The number of carbonyl (C=O) groups is 1. The van der Waals surface area contributed by atoms with Crippen molar-refractivity contribution in [3.8, 4) is 17.1 Å². The molecule has 0 aliphatic carbocycles. The molecule has 146 valence electrons. The van der Waals surface area contributed by atoms with Gasteiger partial charge in [-0.3, -0.25) is 4.79 Å². The van der Waals surface area contributed by atoms with Crippen LogP contribution in [0.3, 0.4) is 0 Å². The molecule has 29 heavy (non-hydrogen) atoms. The zero-order valence-electron chi connectivity index (χ0n) is 15.8. The predicted octanol–water partition coefficient (Wildman–Crippen LogP) is 3.86. The standard InChI is InChI=1S/C22H19FN4O2/c1-2-29-20-13-12-19-25-21(15-8-4-3-5-9-15)18(27(19)26-20)14-24-22(28)16-10-6-7-11-17(16)23/h3-13H,2,14H2,1H3,(H,24,28). The third-order valence-corrected chi connectivity index (χ3v) is 4.42. The van der Waals surface area contributed by atoms with Gasteiger partial charge in [-0.05, 0) is 25.1 Å². The lowest BCUT2D eigenvalue weighted by Crippen LogP contribution is -2.25. The van der Waals surface area contributed by atoms with Crippen molar-refractivity contribution in [2.75, 3.05) is 6.61 Å². The van der Waals surface area contributed by atoms with E-state index in [-0.39, 0.29) is 12.1 Å². The first-order chi connectivity index (χ1) is 14.2. The van der Waals surface area contributed by atoms with Crippen LogP contribution in [0.25, 0.3) is 16.9 Å². The fraction of sp³-hybridized carbons (Fsp3) is 0.136. The minimum Gasteiger partial charge on any atom is -0.477 e. The van der Waals surface area contributed by atoms with E-state index < -0.39 is 11.7 Å². The lowest BCUT2D eigenvalue weighted by molar-refractivity contribution is 0.0946. The highest BCUT2D eigenvalue weighted by atomic mass is 19.1. The highest BCUT2D eigenvalue weighted by Crippen LogP contribution is 2.25. The minimum absolute atomic E-state index is 0.00875. The van der Waals surface area contributed by atoms with E-state index in [2.05, 4.69) is 15.4 Å². The Labute approximate surface area is 167 Å². The van der Waals surface area contributed by atoms with E-state index >= 15 is 0 Å². The average molecular weight is 390 g/mol. The predicted molar refractivity (Wildman–Crippen MR) is 107 cm³/mol. The number of amides is 1. The maximum absolute atomic E-state index is 13.9. The normalized spacial score (nSPS) is 10.8. The molecule has 4 rings (SSSR count). The Balaban J connectivity index is 1.73. The van der Waals surface area contributed by atoms with Crippen molar-refractivity contribution in [3.05, 3.63) is 83.8 Å². The van der Waals surface area contributed by atoms with Gasteiger partial charge in [0.25, 0.3) is 5.91 Å². The number of nitrogens with zero attached hydrogens (tertiary/aromatic N) is 3. The molecule has 0 atom stereocenters. The van der Waals surface area contributed by atoms with Gasteiger partial charge in [0.15, 0.2) is 5.65 Å². The van der Waals surface area contributed by atoms with Crippen molar-refractivity contribution in [1.29, 1.82) is 0 Å². The minimum atomic E-state index is -0.566. The molecule has 2 aromatic carbocycles. The molecule has 2 heterocycles. The SMILES string of the molecule is CCOc1ccc2nc(-c3ccccc3)c(CNC(=O)c3ccccc3F)n2n1. The smallest absolute Gasteiger partial charge is 0.254 e. The lowest BCUT2D eigenvalue weighted by Gasteiger charge is -2.09. The summed E-state index contributed by atoms with van der Waals surface area (Å²) >= 11 is 0. The van der Waals surface area contributed by atoms with Crippen molar-refractivity contribution >= 4 is 11.6 Å². The number of halogens is 1. The molecule has 4 aromatic rings. The number of aromatic nitrogens is 3. The summed E-state index contributed by atoms with van der Waals surface area (Å²) in [5.74, 6) is -0.611. The Morgan fingerprint density at radius 1 is 1.07 bits per heavy atom. The van der Waals surface area contributed by atoms with Gasteiger partial charge < -0.3 is 10.1 Å². The Morgan fingerprint density at radius 3 is 2.59 bits per heavy atom. The van der Waals surface area contributed by atoms with Crippen molar-refractivity contribution in [3.63, 3.8) is 0 Å². The highest BCUT2D eigenvalue weighted by molar-refractivity contribution is 5.94. The molecule has 0 aliphatic rings. The lowest BCUT2D eigenvalue weighted by atomic mass is 10.1. The van der Waals surface area contributed by atoms with Gasteiger partial charge in [0.05, 0.1) is 30.1 Å². The summed E-state index contributed by atoms with van der Waals surface area (Å²) in [6, 6.07) is 19.1. The fourth-order valence-electron chi connectivity index (χ4n) is 3.08. The van der Waals surface area contributed by atoms with E-state index in [4.69, 9.17) is 4.74 Å².